The molecule has 0 fully saturated rings. The van der Waals surface area contributed by atoms with Crippen molar-refractivity contribution in [3.63, 3.8) is 0 Å². The topological polar surface area (TPSA) is 66.9 Å². The molecule has 1 aromatic heterocycles. The highest BCUT2D eigenvalue weighted by Crippen LogP contribution is 2.23. The second kappa shape index (κ2) is 6.72. The molecular weight excluding hydrogens is 335 g/mol. The summed E-state index contributed by atoms with van der Waals surface area (Å²) >= 11 is 11.9. The Morgan fingerprint density at radius 2 is 1.65 bits per heavy atom. The van der Waals surface area contributed by atoms with E-state index in [4.69, 9.17) is 23.2 Å². The van der Waals surface area contributed by atoms with Gasteiger partial charge >= 0.3 is 0 Å². The van der Waals surface area contributed by atoms with Crippen molar-refractivity contribution in [3.05, 3.63) is 45.7 Å². The monoisotopic (exact) mass is 352 g/mol. The molecule has 0 saturated carbocycles. The predicted octanol–water partition coefficient (Wildman–Crippen LogP) is 4.55. The van der Waals surface area contributed by atoms with E-state index >= 15 is 0 Å². The standard InChI is InChI=1S/C16H18Cl2N4O/c1-9-5-13(21-15(19-9)22-16(2,3)4)14(23)20-12-7-10(17)6-11(18)8-12/h5-8H,1-4H3,(H,20,23)(H,19,21,22). The normalized spacial score (nSPS) is 11.2. The molecule has 0 aliphatic heterocycles. The molecule has 7 heteroatoms. The maximum absolute atomic E-state index is 12.4. The van der Waals surface area contributed by atoms with E-state index in [-0.39, 0.29) is 17.1 Å². The van der Waals surface area contributed by atoms with Gasteiger partial charge in [0.05, 0.1) is 0 Å². The van der Waals surface area contributed by atoms with Crippen LogP contribution < -0.4 is 10.6 Å². The molecule has 1 amide bonds. The Hall–Kier alpha value is -1.85. The van der Waals surface area contributed by atoms with Crippen molar-refractivity contribution >= 4 is 40.7 Å². The van der Waals surface area contributed by atoms with Crippen molar-refractivity contribution in [1.82, 2.24) is 9.97 Å². The van der Waals surface area contributed by atoms with E-state index in [0.29, 0.717) is 27.4 Å². The molecule has 5 nitrogen and oxygen atoms in total. The van der Waals surface area contributed by atoms with Gasteiger partial charge in [-0.15, -0.1) is 0 Å². The maximum atomic E-state index is 12.4. The summed E-state index contributed by atoms with van der Waals surface area (Å²) in [4.78, 5) is 20.9. The van der Waals surface area contributed by atoms with Gasteiger partial charge in [0.2, 0.25) is 5.95 Å². The molecule has 2 rings (SSSR count). The Morgan fingerprint density at radius 1 is 1.04 bits per heavy atom. The quantitative estimate of drug-likeness (QED) is 0.849. The van der Waals surface area contributed by atoms with Gasteiger partial charge in [-0.2, -0.15) is 0 Å². The number of hydrogen-bond donors (Lipinski definition) is 2. The van der Waals surface area contributed by atoms with Gasteiger partial charge in [-0.25, -0.2) is 9.97 Å². The number of carbonyl (C=O) groups is 1. The fraction of sp³-hybridized carbons (Fsp3) is 0.312. The van der Waals surface area contributed by atoms with Crippen molar-refractivity contribution in [2.75, 3.05) is 10.6 Å². The van der Waals surface area contributed by atoms with Crippen molar-refractivity contribution in [2.24, 2.45) is 0 Å². The van der Waals surface area contributed by atoms with Gasteiger partial charge in [0.15, 0.2) is 0 Å². The molecule has 23 heavy (non-hydrogen) atoms. The van der Waals surface area contributed by atoms with E-state index in [1.807, 2.05) is 27.7 Å². The van der Waals surface area contributed by atoms with Crippen LogP contribution in [0.15, 0.2) is 24.3 Å². The molecular formula is C16H18Cl2N4O. The molecule has 0 aliphatic rings. The number of rotatable bonds is 3. The van der Waals surface area contributed by atoms with Crippen LogP contribution >= 0.6 is 23.2 Å². The first-order chi connectivity index (χ1) is 10.6. The van der Waals surface area contributed by atoms with Crippen LogP contribution in [0.1, 0.15) is 37.0 Å². The summed E-state index contributed by atoms with van der Waals surface area (Å²) in [6, 6.07) is 6.45. The van der Waals surface area contributed by atoms with E-state index in [1.165, 1.54) is 0 Å². The SMILES string of the molecule is Cc1cc(C(=O)Nc2cc(Cl)cc(Cl)c2)nc(NC(C)(C)C)n1. The van der Waals surface area contributed by atoms with Gasteiger partial charge in [-0.05, 0) is 52.0 Å². The third-order valence-corrected chi connectivity index (χ3v) is 3.13. The van der Waals surface area contributed by atoms with Gasteiger partial charge in [-0.1, -0.05) is 23.2 Å². The summed E-state index contributed by atoms with van der Waals surface area (Å²) in [5, 5.41) is 6.78. The highest BCUT2D eigenvalue weighted by atomic mass is 35.5. The number of anilines is 2. The molecule has 0 saturated heterocycles. The zero-order valence-corrected chi connectivity index (χ0v) is 14.9. The van der Waals surface area contributed by atoms with Crippen LogP contribution in [-0.4, -0.2) is 21.4 Å². The average Bonchev–Trinajstić information content (AvgIpc) is 2.34. The molecule has 0 bridgehead atoms. The average molecular weight is 353 g/mol. The van der Waals surface area contributed by atoms with E-state index in [1.54, 1.807) is 24.3 Å². The van der Waals surface area contributed by atoms with Crippen LogP contribution in [0.25, 0.3) is 0 Å². The minimum absolute atomic E-state index is 0.206. The highest BCUT2D eigenvalue weighted by molar-refractivity contribution is 6.35. The van der Waals surface area contributed by atoms with Crippen molar-refractivity contribution < 1.29 is 4.79 Å². The Balaban J connectivity index is 2.25. The fourth-order valence-corrected chi connectivity index (χ4v) is 2.42. The second-order valence-electron chi connectivity index (χ2n) is 6.21. The number of amides is 1. The molecule has 2 aromatic rings. The van der Waals surface area contributed by atoms with E-state index in [9.17, 15) is 4.79 Å². The van der Waals surface area contributed by atoms with Crippen molar-refractivity contribution in [2.45, 2.75) is 33.2 Å². The number of carbonyl (C=O) groups excluding carboxylic acids is 1. The third kappa shape index (κ3) is 5.37. The smallest absolute Gasteiger partial charge is 0.274 e. The summed E-state index contributed by atoms with van der Waals surface area (Å²) in [5.41, 5.74) is 1.26. The first kappa shape index (κ1) is 17.5. The van der Waals surface area contributed by atoms with E-state index in [2.05, 4.69) is 20.6 Å². The minimum atomic E-state index is -0.356. The van der Waals surface area contributed by atoms with Gasteiger partial charge in [0, 0.05) is 27.0 Å². The summed E-state index contributed by atoms with van der Waals surface area (Å²) < 4.78 is 0. The molecule has 0 atom stereocenters. The number of benzene rings is 1. The third-order valence-electron chi connectivity index (χ3n) is 2.69. The van der Waals surface area contributed by atoms with Crippen LogP contribution in [0.4, 0.5) is 11.6 Å². The van der Waals surface area contributed by atoms with Crippen LogP contribution in [0, 0.1) is 6.92 Å². The molecule has 0 aliphatic carbocycles. The fourth-order valence-electron chi connectivity index (χ4n) is 1.90. The van der Waals surface area contributed by atoms with Crippen LogP contribution in [0.5, 0.6) is 0 Å². The lowest BCUT2D eigenvalue weighted by Crippen LogP contribution is -2.28. The largest absolute Gasteiger partial charge is 0.350 e. The maximum Gasteiger partial charge on any atom is 0.274 e. The van der Waals surface area contributed by atoms with Gasteiger partial charge < -0.3 is 10.6 Å². The molecule has 2 N–H and O–H groups in total. The number of hydrogen-bond acceptors (Lipinski definition) is 4. The summed E-state index contributed by atoms with van der Waals surface area (Å²) in [5.74, 6) is 0.0533. The summed E-state index contributed by atoms with van der Waals surface area (Å²) in [6.07, 6.45) is 0. The highest BCUT2D eigenvalue weighted by Gasteiger charge is 2.15. The number of nitrogens with one attached hydrogen (secondary N) is 2. The number of aromatic nitrogens is 2. The van der Waals surface area contributed by atoms with Gasteiger partial charge in [0.25, 0.3) is 5.91 Å². The lowest BCUT2D eigenvalue weighted by Gasteiger charge is -2.20. The van der Waals surface area contributed by atoms with E-state index in [0.717, 1.165) is 0 Å². The second-order valence-corrected chi connectivity index (χ2v) is 7.08. The minimum Gasteiger partial charge on any atom is -0.350 e. The van der Waals surface area contributed by atoms with Crippen LogP contribution in [0.2, 0.25) is 10.0 Å². The Bertz CT molecular complexity index is 721. The predicted molar refractivity (Wildman–Crippen MR) is 94.6 cm³/mol. The first-order valence-corrected chi connectivity index (χ1v) is 7.79. The van der Waals surface area contributed by atoms with Crippen molar-refractivity contribution in [3.8, 4) is 0 Å². The molecule has 1 aromatic carbocycles. The molecule has 0 spiro atoms. The number of nitrogens with zero attached hydrogens (tertiary/aromatic N) is 2. The first-order valence-electron chi connectivity index (χ1n) is 7.04. The lowest BCUT2D eigenvalue weighted by atomic mass is 10.1. The molecule has 1 heterocycles. The van der Waals surface area contributed by atoms with Gasteiger partial charge in [0.1, 0.15) is 5.69 Å². The van der Waals surface area contributed by atoms with Gasteiger partial charge in [-0.3, -0.25) is 4.79 Å². The zero-order valence-electron chi connectivity index (χ0n) is 13.4. The zero-order chi connectivity index (χ0) is 17.2. The Labute approximate surface area is 145 Å². The van der Waals surface area contributed by atoms with E-state index < -0.39 is 0 Å². The molecule has 0 unspecified atom stereocenters. The van der Waals surface area contributed by atoms with Crippen molar-refractivity contribution in [1.29, 1.82) is 0 Å². The Kier molecular flexibility index (Phi) is 5.12. The molecule has 0 radical (unpaired) electrons. The summed E-state index contributed by atoms with van der Waals surface area (Å²) in [6.45, 7) is 7.79. The van der Waals surface area contributed by atoms with Crippen LogP contribution in [0.3, 0.4) is 0 Å². The molecule has 122 valence electrons. The summed E-state index contributed by atoms with van der Waals surface area (Å²) in [7, 11) is 0. The number of aryl methyl sites for hydroxylation is 1. The lowest BCUT2D eigenvalue weighted by molar-refractivity contribution is 0.102. The Morgan fingerprint density at radius 3 is 2.22 bits per heavy atom. The van der Waals surface area contributed by atoms with Crippen LogP contribution in [-0.2, 0) is 0 Å². The number of halogens is 2.